The van der Waals surface area contributed by atoms with Gasteiger partial charge in [-0.05, 0) is 22.0 Å². The lowest BCUT2D eigenvalue weighted by Gasteiger charge is -2.31. The van der Waals surface area contributed by atoms with Crippen LogP contribution in [0.2, 0.25) is 0 Å². The Morgan fingerprint density at radius 2 is 1.90 bits per heavy atom. The molecule has 1 saturated heterocycles. The van der Waals surface area contributed by atoms with Crippen LogP contribution >= 0.6 is 28.3 Å². The molecule has 3 nitrogen and oxygen atoms in total. The molecule has 0 amide bonds. The molecule has 2 heterocycles. The van der Waals surface area contributed by atoms with Gasteiger partial charge < -0.3 is 10.2 Å². The first-order chi connectivity index (χ1) is 9.16. The Hall–Kier alpha value is -0.980. The summed E-state index contributed by atoms with van der Waals surface area (Å²) in [5, 5.41) is 3.76. The number of hydrogen-bond donors (Lipinski definition) is 1. The van der Waals surface area contributed by atoms with Crippen molar-refractivity contribution in [2.45, 2.75) is 0 Å². The SMILES string of the molecule is Cl.Fc1cc(F)c2ncc(Br)c(N3CCNCC3)c2c1. The molecule has 20 heavy (non-hydrogen) atoms. The molecule has 1 aliphatic heterocycles. The number of rotatable bonds is 1. The fourth-order valence-electron chi connectivity index (χ4n) is 2.40. The predicted octanol–water partition coefficient (Wildman–Crippen LogP) is 3.11. The number of nitrogens with one attached hydrogen (secondary N) is 1. The minimum absolute atomic E-state index is 0. The summed E-state index contributed by atoms with van der Waals surface area (Å²) in [5.74, 6) is -1.21. The van der Waals surface area contributed by atoms with Crippen molar-refractivity contribution in [3.05, 3.63) is 34.4 Å². The molecule has 1 aromatic carbocycles. The van der Waals surface area contributed by atoms with Gasteiger partial charge >= 0.3 is 0 Å². The molecule has 0 saturated carbocycles. The van der Waals surface area contributed by atoms with Gasteiger partial charge in [-0.15, -0.1) is 12.4 Å². The molecule has 108 valence electrons. The Morgan fingerprint density at radius 1 is 1.20 bits per heavy atom. The maximum absolute atomic E-state index is 13.8. The molecular formula is C13H13BrClF2N3. The summed E-state index contributed by atoms with van der Waals surface area (Å²) >= 11 is 3.43. The number of nitrogens with zero attached hydrogens (tertiary/aromatic N) is 2. The van der Waals surface area contributed by atoms with E-state index in [2.05, 4.69) is 31.1 Å². The van der Waals surface area contributed by atoms with Crippen molar-refractivity contribution in [1.29, 1.82) is 0 Å². The first-order valence-electron chi connectivity index (χ1n) is 6.06. The van der Waals surface area contributed by atoms with E-state index in [4.69, 9.17) is 0 Å². The minimum atomic E-state index is -0.626. The lowest BCUT2D eigenvalue weighted by atomic mass is 10.1. The molecule has 0 radical (unpaired) electrons. The van der Waals surface area contributed by atoms with Crippen LogP contribution in [0.4, 0.5) is 14.5 Å². The summed E-state index contributed by atoms with van der Waals surface area (Å²) in [6, 6.07) is 2.21. The number of pyridine rings is 1. The van der Waals surface area contributed by atoms with Gasteiger partial charge in [0.1, 0.15) is 11.3 Å². The zero-order valence-electron chi connectivity index (χ0n) is 10.5. The van der Waals surface area contributed by atoms with Gasteiger partial charge in [-0.1, -0.05) is 0 Å². The Bertz CT molecular complexity index is 633. The zero-order chi connectivity index (χ0) is 13.4. The van der Waals surface area contributed by atoms with Gasteiger partial charge in [-0.2, -0.15) is 0 Å². The molecule has 0 unspecified atom stereocenters. The molecule has 0 spiro atoms. The highest BCUT2D eigenvalue weighted by atomic mass is 79.9. The van der Waals surface area contributed by atoms with Crippen LogP contribution in [0.1, 0.15) is 0 Å². The fraction of sp³-hybridized carbons (Fsp3) is 0.308. The molecular weight excluding hydrogens is 352 g/mol. The third-order valence-corrected chi connectivity index (χ3v) is 3.83. The minimum Gasteiger partial charge on any atom is -0.367 e. The zero-order valence-corrected chi connectivity index (χ0v) is 12.9. The molecule has 1 aromatic heterocycles. The van der Waals surface area contributed by atoms with Crippen molar-refractivity contribution in [2.75, 3.05) is 31.1 Å². The standard InChI is InChI=1S/C13H12BrF2N3.ClH/c14-10-7-18-12-9(5-8(15)6-11(12)16)13(10)19-3-1-17-2-4-19;/h5-7,17H,1-4H2;1H. The van der Waals surface area contributed by atoms with Crippen LogP contribution in [0.25, 0.3) is 10.9 Å². The number of benzene rings is 1. The summed E-state index contributed by atoms with van der Waals surface area (Å²) in [7, 11) is 0. The highest BCUT2D eigenvalue weighted by Gasteiger charge is 2.19. The second-order valence-corrected chi connectivity index (χ2v) is 5.33. The van der Waals surface area contributed by atoms with Crippen molar-refractivity contribution in [2.24, 2.45) is 0 Å². The van der Waals surface area contributed by atoms with Crippen molar-refractivity contribution in [3.8, 4) is 0 Å². The average molecular weight is 365 g/mol. The van der Waals surface area contributed by atoms with E-state index in [1.54, 1.807) is 6.20 Å². The van der Waals surface area contributed by atoms with E-state index in [9.17, 15) is 8.78 Å². The largest absolute Gasteiger partial charge is 0.367 e. The summed E-state index contributed by atoms with van der Waals surface area (Å²) in [4.78, 5) is 6.16. The monoisotopic (exact) mass is 363 g/mol. The summed E-state index contributed by atoms with van der Waals surface area (Å²) < 4.78 is 28.0. The molecule has 2 aromatic rings. The maximum atomic E-state index is 13.8. The lowest BCUT2D eigenvalue weighted by Crippen LogP contribution is -2.43. The topological polar surface area (TPSA) is 28.2 Å². The number of halogens is 4. The number of piperazine rings is 1. The highest BCUT2D eigenvalue weighted by molar-refractivity contribution is 9.10. The van der Waals surface area contributed by atoms with Crippen LogP contribution in [-0.4, -0.2) is 31.2 Å². The van der Waals surface area contributed by atoms with Crippen molar-refractivity contribution < 1.29 is 8.78 Å². The van der Waals surface area contributed by atoms with Gasteiger partial charge in [0, 0.05) is 43.8 Å². The first kappa shape index (κ1) is 15.4. The van der Waals surface area contributed by atoms with Crippen LogP contribution in [0.15, 0.2) is 22.8 Å². The number of fused-ring (bicyclic) bond motifs is 1. The van der Waals surface area contributed by atoms with E-state index in [0.29, 0.717) is 5.39 Å². The molecule has 3 rings (SSSR count). The Morgan fingerprint density at radius 3 is 2.60 bits per heavy atom. The smallest absolute Gasteiger partial charge is 0.152 e. The van der Waals surface area contributed by atoms with Crippen molar-refractivity contribution in [3.63, 3.8) is 0 Å². The maximum Gasteiger partial charge on any atom is 0.152 e. The van der Waals surface area contributed by atoms with E-state index < -0.39 is 11.6 Å². The Labute approximate surface area is 129 Å². The molecule has 7 heteroatoms. The van der Waals surface area contributed by atoms with Crippen molar-refractivity contribution >= 4 is 44.9 Å². The van der Waals surface area contributed by atoms with Gasteiger partial charge in [0.2, 0.25) is 0 Å². The number of aromatic nitrogens is 1. The summed E-state index contributed by atoms with van der Waals surface area (Å²) in [5.41, 5.74) is 1.02. The molecule has 0 bridgehead atoms. The van der Waals surface area contributed by atoms with Crippen LogP contribution in [0.3, 0.4) is 0 Å². The summed E-state index contributed by atoms with van der Waals surface area (Å²) in [6.45, 7) is 3.31. The van der Waals surface area contributed by atoms with E-state index in [0.717, 1.165) is 42.4 Å². The van der Waals surface area contributed by atoms with Gasteiger partial charge in [0.05, 0.1) is 10.2 Å². The Kier molecular flexibility index (Phi) is 4.78. The average Bonchev–Trinajstić information content (AvgIpc) is 2.39. The fourth-order valence-corrected chi connectivity index (χ4v) is 2.97. The van der Waals surface area contributed by atoms with E-state index in [-0.39, 0.29) is 17.9 Å². The second-order valence-electron chi connectivity index (χ2n) is 4.48. The van der Waals surface area contributed by atoms with E-state index in [1.165, 1.54) is 6.07 Å². The number of anilines is 1. The Balaban J connectivity index is 0.00000147. The predicted molar refractivity (Wildman–Crippen MR) is 81.7 cm³/mol. The molecule has 1 aliphatic rings. The van der Waals surface area contributed by atoms with Crippen LogP contribution in [-0.2, 0) is 0 Å². The molecule has 1 N–H and O–H groups in total. The van der Waals surface area contributed by atoms with Crippen LogP contribution in [0, 0.1) is 11.6 Å². The van der Waals surface area contributed by atoms with Gasteiger partial charge in [0.25, 0.3) is 0 Å². The van der Waals surface area contributed by atoms with Crippen molar-refractivity contribution in [1.82, 2.24) is 10.3 Å². The number of hydrogen-bond acceptors (Lipinski definition) is 3. The molecule has 1 fully saturated rings. The first-order valence-corrected chi connectivity index (χ1v) is 6.85. The lowest BCUT2D eigenvalue weighted by molar-refractivity contribution is 0.585. The quantitative estimate of drug-likeness (QED) is 0.843. The molecule has 0 aliphatic carbocycles. The second kappa shape index (κ2) is 6.20. The third kappa shape index (κ3) is 2.73. The highest BCUT2D eigenvalue weighted by Crippen LogP contribution is 2.34. The summed E-state index contributed by atoms with van der Waals surface area (Å²) in [6.07, 6.45) is 1.57. The van der Waals surface area contributed by atoms with Gasteiger partial charge in [-0.3, -0.25) is 4.98 Å². The van der Waals surface area contributed by atoms with E-state index >= 15 is 0 Å². The van der Waals surface area contributed by atoms with Crippen LogP contribution in [0.5, 0.6) is 0 Å². The normalized spacial score (nSPS) is 15.2. The van der Waals surface area contributed by atoms with Gasteiger partial charge in [-0.25, -0.2) is 8.78 Å². The third-order valence-electron chi connectivity index (χ3n) is 3.25. The molecule has 0 atom stereocenters. The van der Waals surface area contributed by atoms with Crippen LogP contribution < -0.4 is 10.2 Å². The van der Waals surface area contributed by atoms with Gasteiger partial charge in [0.15, 0.2) is 5.82 Å². The van der Waals surface area contributed by atoms with E-state index in [1.807, 2.05) is 0 Å².